The van der Waals surface area contributed by atoms with Crippen molar-refractivity contribution in [3.63, 3.8) is 0 Å². The number of pyridine rings is 1. The molecule has 0 bridgehead atoms. The zero-order chi connectivity index (χ0) is 14.8. The standard InChI is InChI=1S/C14H16ClN3OS/c1-9(2)11-5-10(6-12(15)17-11)13(19)18-14(7-16)3-4-20-8-14/h5-6,9H,3-4,8H2,1-2H3,(H,18,19). The van der Waals surface area contributed by atoms with Crippen molar-refractivity contribution in [3.8, 4) is 6.07 Å². The number of carbonyl (C=O) groups is 1. The zero-order valence-corrected chi connectivity index (χ0v) is 13.0. The highest BCUT2D eigenvalue weighted by atomic mass is 35.5. The van der Waals surface area contributed by atoms with Crippen molar-refractivity contribution in [2.75, 3.05) is 11.5 Å². The molecule has 1 aromatic heterocycles. The molecule has 4 nitrogen and oxygen atoms in total. The van der Waals surface area contributed by atoms with Gasteiger partial charge in [-0.3, -0.25) is 4.79 Å². The zero-order valence-electron chi connectivity index (χ0n) is 11.4. The van der Waals surface area contributed by atoms with E-state index in [2.05, 4.69) is 16.4 Å². The fraction of sp³-hybridized carbons (Fsp3) is 0.500. The minimum Gasteiger partial charge on any atom is -0.333 e. The van der Waals surface area contributed by atoms with E-state index in [1.807, 2.05) is 13.8 Å². The highest BCUT2D eigenvalue weighted by molar-refractivity contribution is 7.99. The molecule has 2 heterocycles. The maximum atomic E-state index is 12.3. The monoisotopic (exact) mass is 309 g/mol. The molecule has 0 aromatic carbocycles. The van der Waals surface area contributed by atoms with Crippen molar-refractivity contribution in [2.45, 2.75) is 31.7 Å². The van der Waals surface area contributed by atoms with Gasteiger partial charge >= 0.3 is 0 Å². The van der Waals surface area contributed by atoms with E-state index in [0.29, 0.717) is 22.9 Å². The number of rotatable bonds is 3. The number of thioether (sulfide) groups is 1. The van der Waals surface area contributed by atoms with Gasteiger partial charge in [0.05, 0.1) is 6.07 Å². The Labute approximate surface area is 127 Å². The van der Waals surface area contributed by atoms with Crippen LogP contribution in [0.3, 0.4) is 0 Å². The molecule has 0 saturated carbocycles. The molecule has 1 fully saturated rings. The van der Waals surface area contributed by atoms with Gasteiger partial charge in [0.2, 0.25) is 0 Å². The van der Waals surface area contributed by atoms with E-state index in [1.54, 1.807) is 17.8 Å². The quantitative estimate of drug-likeness (QED) is 0.872. The SMILES string of the molecule is CC(C)c1cc(C(=O)NC2(C#N)CCSC2)cc(Cl)n1. The van der Waals surface area contributed by atoms with Gasteiger partial charge in [0.1, 0.15) is 10.7 Å². The van der Waals surface area contributed by atoms with Crippen molar-refractivity contribution in [3.05, 3.63) is 28.5 Å². The number of nitriles is 1. The van der Waals surface area contributed by atoms with E-state index in [9.17, 15) is 10.1 Å². The van der Waals surface area contributed by atoms with Crippen LogP contribution in [0.4, 0.5) is 0 Å². The third-order valence-electron chi connectivity index (χ3n) is 3.26. The Balaban J connectivity index is 2.23. The van der Waals surface area contributed by atoms with Crippen LogP contribution >= 0.6 is 23.4 Å². The molecular weight excluding hydrogens is 294 g/mol. The lowest BCUT2D eigenvalue weighted by atomic mass is 10.00. The summed E-state index contributed by atoms with van der Waals surface area (Å²) in [4.78, 5) is 16.5. The Bertz CT molecular complexity index is 562. The molecule has 106 valence electrons. The van der Waals surface area contributed by atoms with Crippen LogP contribution in [0, 0.1) is 11.3 Å². The number of aromatic nitrogens is 1. The summed E-state index contributed by atoms with van der Waals surface area (Å²) in [5, 5.41) is 12.4. The van der Waals surface area contributed by atoms with Crippen LogP contribution in [-0.2, 0) is 0 Å². The first-order valence-corrected chi connectivity index (χ1v) is 7.98. The first-order chi connectivity index (χ1) is 9.46. The van der Waals surface area contributed by atoms with Crippen LogP contribution in [0.25, 0.3) is 0 Å². The van der Waals surface area contributed by atoms with Gasteiger partial charge in [-0.15, -0.1) is 0 Å². The van der Waals surface area contributed by atoms with Crippen LogP contribution in [-0.4, -0.2) is 27.9 Å². The Kier molecular flexibility index (Phi) is 4.56. The second-order valence-corrected chi connectivity index (χ2v) is 6.70. The van der Waals surface area contributed by atoms with Crippen molar-refractivity contribution >= 4 is 29.3 Å². The molecule has 1 N–H and O–H groups in total. The molecule has 20 heavy (non-hydrogen) atoms. The lowest BCUT2D eigenvalue weighted by molar-refractivity contribution is 0.0926. The summed E-state index contributed by atoms with van der Waals surface area (Å²) >= 11 is 7.64. The van der Waals surface area contributed by atoms with Gasteiger partial charge < -0.3 is 5.32 Å². The molecule has 1 aliphatic rings. The number of hydrogen-bond donors (Lipinski definition) is 1. The van der Waals surface area contributed by atoms with E-state index in [-0.39, 0.29) is 11.8 Å². The average Bonchev–Trinajstić information content (AvgIpc) is 2.87. The molecular formula is C14H16ClN3OS. The predicted molar refractivity (Wildman–Crippen MR) is 81.1 cm³/mol. The summed E-state index contributed by atoms with van der Waals surface area (Å²) in [5.74, 6) is 1.44. The van der Waals surface area contributed by atoms with Gasteiger partial charge in [0, 0.05) is 17.0 Å². The summed E-state index contributed by atoms with van der Waals surface area (Å²) in [5.41, 5.74) is 0.477. The number of halogens is 1. The predicted octanol–water partition coefficient (Wildman–Crippen LogP) is 2.99. The molecule has 0 aliphatic carbocycles. The average molecular weight is 310 g/mol. The second-order valence-electron chi connectivity index (χ2n) is 5.21. The smallest absolute Gasteiger partial charge is 0.252 e. The second kappa shape index (κ2) is 6.02. The first-order valence-electron chi connectivity index (χ1n) is 6.45. The summed E-state index contributed by atoms with van der Waals surface area (Å²) in [7, 11) is 0. The highest BCUT2D eigenvalue weighted by Crippen LogP contribution is 2.28. The summed E-state index contributed by atoms with van der Waals surface area (Å²) in [6.07, 6.45) is 0.676. The van der Waals surface area contributed by atoms with Gasteiger partial charge in [-0.1, -0.05) is 25.4 Å². The minimum atomic E-state index is -0.754. The number of nitrogens with one attached hydrogen (secondary N) is 1. The van der Waals surface area contributed by atoms with Crippen LogP contribution < -0.4 is 5.32 Å². The van der Waals surface area contributed by atoms with Crippen LogP contribution in [0.15, 0.2) is 12.1 Å². The third-order valence-corrected chi connectivity index (χ3v) is 4.64. The van der Waals surface area contributed by atoms with E-state index in [1.165, 1.54) is 6.07 Å². The number of carbonyl (C=O) groups excluding carboxylic acids is 1. The van der Waals surface area contributed by atoms with Gasteiger partial charge in [-0.2, -0.15) is 17.0 Å². The Morgan fingerprint density at radius 2 is 2.35 bits per heavy atom. The Morgan fingerprint density at radius 1 is 1.60 bits per heavy atom. The summed E-state index contributed by atoms with van der Waals surface area (Å²) in [6.45, 7) is 3.98. The molecule has 1 unspecified atom stereocenters. The molecule has 6 heteroatoms. The molecule has 1 amide bonds. The normalized spacial score (nSPS) is 21.8. The Hall–Kier alpha value is -1.25. The number of hydrogen-bond acceptors (Lipinski definition) is 4. The summed E-state index contributed by atoms with van der Waals surface area (Å²) in [6, 6.07) is 5.50. The fourth-order valence-electron chi connectivity index (χ4n) is 2.01. The molecule has 1 saturated heterocycles. The highest BCUT2D eigenvalue weighted by Gasteiger charge is 2.36. The van der Waals surface area contributed by atoms with Gasteiger partial charge in [0.25, 0.3) is 5.91 Å². The molecule has 1 atom stereocenters. The van der Waals surface area contributed by atoms with Crippen molar-refractivity contribution < 1.29 is 4.79 Å². The summed E-state index contributed by atoms with van der Waals surface area (Å²) < 4.78 is 0. The lowest BCUT2D eigenvalue weighted by Crippen LogP contribution is -2.47. The fourth-order valence-corrected chi connectivity index (χ4v) is 3.50. The van der Waals surface area contributed by atoms with E-state index in [0.717, 1.165) is 11.4 Å². The van der Waals surface area contributed by atoms with Crippen LogP contribution in [0.2, 0.25) is 5.15 Å². The van der Waals surface area contributed by atoms with E-state index >= 15 is 0 Å². The van der Waals surface area contributed by atoms with E-state index in [4.69, 9.17) is 11.6 Å². The first kappa shape index (κ1) is 15.1. The van der Waals surface area contributed by atoms with Gasteiger partial charge in [-0.05, 0) is 30.2 Å². The minimum absolute atomic E-state index is 0.187. The molecule has 1 aliphatic heterocycles. The maximum absolute atomic E-state index is 12.3. The van der Waals surface area contributed by atoms with Crippen LogP contribution in [0.5, 0.6) is 0 Å². The van der Waals surface area contributed by atoms with Crippen LogP contribution in [0.1, 0.15) is 42.2 Å². The molecule has 0 spiro atoms. The third kappa shape index (κ3) is 3.25. The number of amides is 1. The van der Waals surface area contributed by atoms with Crippen molar-refractivity contribution in [2.24, 2.45) is 0 Å². The molecule has 0 radical (unpaired) electrons. The van der Waals surface area contributed by atoms with Crippen molar-refractivity contribution in [1.29, 1.82) is 5.26 Å². The number of nitrogens with zero attached hydrogens (tertiary/aromatic N) is 2. The Morgan fingerprint density at radius 3 is 2.90 bits per heavy atom. The van der Waals surface area contributed by atoms with Gasteiger partial charge in [0.15, 0.2) is 0 Å². The van der Waals surface area contributed by atoms with Gasteiger partial charge in [-0.25, -0.2) is 4.98 Å². The van der Waals surface area contributed by atoms with Crippen molar-refractivity contribution in [1.82, 2.24) is 10.3 Å². The topological polar surface area (TPSA) is 65.8 Å². The molecule has 1 aromatic rings. The largest absolute Gasteiger partial charge is 0.333 e. The molecule has 2 rings (SSSR count). The lowest BCUT2D eigenvalue weighted by Gasteiger charge is -2.21. The maximum Gasteiger partial charge on any atom is 0.252 e. The van der Waals surface area contributed by atoms with E-state index < -0.39 is 5.54 Å².